The van der Waals surface area contributed by atoms with Crippen LogP contribution < -0.4 is 0 Å². The van der Waals surface area contributed by atoms with Gasteiger partial charge in [-0.05, 0) is 95.5 Å². The van der Waals surface area contributed by atoms with Crippen LogP contribution in [0, 0.1) is 5.92 Å². The lowest BCUT2D eigenvalue weighted by molar-refractivity contribution is -0.137. The van der Waals surface area contributed by atoms with E-state index in [2.05, 4.69) is 0 Å². The Bertz CT molecular complexity index is 3930. The molecule has 3 aromatic heterocycles. The van der Waals surface area contributed by atoms with Crippen molar-refractivity contribution in [3.63, 3.8) is 0 Å². The molecule has 9 aromatic carbocycles. The molecular formula is C58H31F9S3. The minimum absolute atomic E-state index is 0.0395. The lowest BCUT2D eigenvalue weighted by Gasteiger charge is -2.25. The summed E-state index contributed by atoms with van der Waals surface area (Å²) in [6.07, 6.45) is -10.2. The van der Waals surface area contributed by atoms with Crippen molar-refractivity contribution < 1.29 is 39.5 Å². The summed E-state index contributed by atoms with van der Waals surface area (Å²) in [4.78, 5) is 2.19. The van der Waals surface area contributed by atoms with Gasteiger partial charge in [0.15, 0.2) is 0 Å². The van der Waals surface area contributed by atoms with Crippen LogP contribution in [0.3, 0.4) is 0 Å². The highest BCUT2D eigenvalue weighted by Gasteiger charge is 2.40. The molecule has 0 aliphatic heterocycles. The molecule has 70 heavy (non-hydrogen) atoms. The Labute approximate surface area is 404 Å². The van der Waals surface area contributed by atoms with Crippen molar-refractivity contribution in [1.29, 1.82) is 0 Å². The summed E-state index contributed by atoms with van der Waals surface area (Å²) in [5.41, 5.74) is 0.623. The predicted molar refractivity (Wildman–Crippen MR) is 273 cm³/mol. The molecule has 1 atom stereocenters. The normalized spacial score (nSPS) is 14.7. The van der Waals surface area contributed by atoms with Gasteiger partial charge in [-0.15, -0.1) is 34.0 Å². The van der Waals surface area contributed by atoms with Gasteiger partial charge in [0, 0.05) is 61.6 Å². The van der Waals surface area contributed by atoms with Crippen molar-refractivity contribution in [3.8, 4) is 31.3 Å². The molecule has 1 unspecified atom stereocenters. The van der Waals surface area contributed by atoms with Crippen LogP contribution in [0.25, 0.3) is 122 Å². The highest BCUT2D eigenvalue weighted by atomic mass is 32.1. The van der Waals surface area contributed by atoms with Crippen molar-refractivity contribution in [2.75, 3.05) is 0 Å². The number of hydrogen-bond acceptors (Lipinski definition) is 3. The van der Waals surface area contributed by atoms with E-state index in [0.29, 0.717) is 55.6 Å². The van der Waals surface area contributed by atoms with Crippen molar-refractivity contribution in [3.05, 3.63) is 173 Å². The van der Waals surface area contributed by atoms with Crippen molar-refractivity contribution in [2.45, 2.75) is 31.9 Å². The van der Waals surface area contributed by atoms with Gasteiger partial charge in [-0.25, -0.2) is 0 Å². The SMILES string of the molecule is CC1C=Cc2c(c(-c3cc4c(s3)c3cc(-c5c6ccccc6c(C(F)(F)F)c6ccccc56)sc3c3cc(-c5c6ccccc6c(C(F)(F)F)c6ccccc56)sc43)c3ccccc3c2C(F)(F)F)C1. The number of hydrogen-bond donors (Lipinski definition) is 0. The van der Waals surface area contributed by atoms with E-state index < -0.39 is 35.2 Å². The highest BCUT2D eigenvalue weighted by molar-refractivity contribution is 7.30. The Balaban J connectivity index is 1.18. The number of fused-ring (bicyclic) bond motifs is 12. The third-order valence-corrected chi connectivity index (χ3v) is 17.4. The standard InChI is InChI=1S/C58H31F9S3/c1-28-22-23-39-40(24-28)49(33-16-6-11-21-38(33)52(39)58(65,66)67)46-27-43-54-41(25-44(69-54)47-29-12-2-7-17-34(29)50(56(59,60)61)35-18-8-3-13-30(35)47)53-42(55(43)70-46)26-45(68-53)48-31-14-4-9-19-36(31)51(57(62,63)64)37-20-10-5-15-32(37)48/h2-23,25-28H,24H2,1H3. The Morgan fingerprint density at radius 1 is 0.371 bits per heavy atom. The first kappa shape index (κ1) is 43.3. The lowest BCUT2D eigenvalue weighted by Crippen LogP contribution is -2.15. The van der Waals surface area contributed by atoms with E-state index in [9.17, 15) is 0 Å². The summed E-state index contributed by atoms with van der Waals surface area (Å²) in [5, 5.41) is 4.99. The molecule has 1 aliphatic rings. The van der Waals surface area contributed by atoms with E-state index in [0.717, 1.165) is 44.9 Å². The smallest absolute Gasteiger partial charge is 0.166 e. The maximum atomic E-state index is 15.1. The summed E-state index contributed by atoms with van der Waals surface area (Å²) < 4.78 is 138. The van der Waals surface area contributed by atoms with Crippen LogP contribution in [0.5, 0.6) is 0 Å². The number of halogens is 9. The van der Waals surface area contributed by atoms with Gasteiger partial charge in [-0.1, -0.05) is 140 Å². The highest BCUT2D eigenvalue weighted by Crippen LogP contribution is 2.57. The second-order valence-electron chi connectivity index (χ2n) is 18.0. The van der Waals surface area contributed by atoms with E-state index in [-0.39, 0.29) is 38.4 Å². The molecule has 0 fully saturated rings. The average Bonchev–Trinajstić information content (AvgIpc) is 4.08. The molecule has 0 nitrogen and oxygen atoms in total. The number of alkyl halides is 9. The maximum Gasteiger partial charge on any atom is 0.417 e. The second-order valence-corrected chi connectivity index (χ2v) is 21.1. The zero-order chi connectivity index (χ0) is 48.2. The quantitative estimate of drug-likeness (QED) is 0.122. The van der Waals surface area contributed by atoms with E-state index in [4.69, 9.17) is 0 Å². The Morgan fingerprint density at radius 3 is 0.986 bits per heavy atom. The molecule has 0 saturated heterocycles. The number of thiophene rings is 3. The summed E-state index contributed by atoms with van der Waals surface area (Å²) in [7, 11) is 0. The molecule has 0 amide bonds. The summed E-state index contributed by atoms with van der Waals surface area (Å²) in [5.74, 6) is -0.0395. The van der Waals surface area contributed by atoms with Gasteiger partial charge < -0.3 is 0 Å². The molecular weight excluding hydrogens is 964 g/mol. The van der Waals surface area contributed by atoms with Crippen molar-refractivity contribution >= 4 is 124 Å². The minimum Gasteiger partial charge on any atom is -0.166 e. The van der Waals surface area contributed by atoms with Gasteiger partial charge in [0.25, 0.3) is 0 Å². The molecule has 3 heterocycles. The first-order valence-electron chi connectivity index (χ1n) is 22.3. The molecule has 13 rings (SSSR count). The van der Waals surface area contributed by atoms with Crippen molar-refractivity contribution in [1.82, 2.24) is 0 Å². The molecule has 0 saturated carbocycles. The van der Waals surface area contributed by atoms with Gasteiger partial charge in [0.2, 0.25) is 0 Å². The predicted octanol–water partition coefficient (Wildman–Crippen LogP) is 20.4. The summed E-state index contributed by atoms with van der Waals surface area (Å²) in [6.45, 7) is 1.98. The van der Waals surface area contributed by atoms with Gasteiger partial charge in [-0.3, -0.25) is 0 Å². The molecule has 12 heteroatoms. The van der Waals surface area contributed by atoms with Crippen LogP contribution in [0.15, 0.2) is 146 Å². The number of rotatable bonds is 3. The molecule has 0 bridgehead atoms. The summed E-state index contributed by atoms with van der Waals surface area (Å²) in [6, 6.07) is 38.9. The molecule has 0 N–H and O–H groups in total. The van der Waals surface area contributed by atoms with Crippen LogP contribution in [-0.2, 0) is 24.9 Å². The van der Waals surface area contributed by atoms with E-state index in [1.165, 1.54) is 64.3 Å². The Morgan fingerprint density at radius 2 is 0.657 bits per heavy atom. The minimum atomic E-state index is -4.65. The van der Waals surface area contributed by atoms with Gasteiger partial charge >= 0.3 is 18.5 Å². The zero-order valence-electron chi connectivity index (χ0n) is 36.3. The molecule has 1 aliphatic carbocycles. The fraction of sp³-hybridized carbons (Fsp3) is 0.103. The summed E-state index contributed by atoms with van der Waals surface area (Å²) >= 11 is 4.36. The van der Waals surface area contributed by atoms with Crippen LogP contribution in [0.1, 0.15) is 34.7 Å². The average molecular weight is 995 g/mol. The van der Waals surface area contributed by atoms with E-state index in [1.807, 2.05) is 31.2 Å². The fourth-order valence-electron chi connectivity index (χ4n) is 11.2. The Kier molecular flexibility index (Phi) is 9.36. The van der Waals surface area contributed by atoms with E-state index in [1.54, 1.807) is 97.1 Å². The first-order chi connectivity index (χ1) is 33.6. The molecule has 0 spiro atoms. The third kappa shape index (κ3) is 6.35. The van der Waals surface area contributed by atoms with Gasteiger partial charge in [-0.2, -0.15) is 39.5 Å². The molecule has 0 radical (unpaired) electrons. The maximum absolute atomic E-state index is 15.1. The lowest BCUT2D eigenvalue weighted by atomic mass is 9.81. The van der Waals surface area contributed by atoms with E-state index >= 15 is 39.5 Å². The largest absolute Gasteiger partial charge is 0.417 e. The molecule has 344 valence electrons. The second kappa shape index (κ2) is 15.1. The molecule has 12 aromatic rings. The van der Waals surface area contributed by atoms with Crippen molar-refractivity contribution in [2.24, 2.45) is 5.92 Å². The third-order valence-electron chi connectivity index (χ3n) is 13.9. The fourth-order valence-corrected chi connectivity index (χ4v) is 15.2. The van der Waals surface area contributed by atoms with Crippen LogP contribution in [-0.4, -0.2) is 0 Å². The van der Waals surface area contributed by atoms with Crippen LogP contribution in [0.2, 0.25) is 0 Å². The topological polar surface area (TPSA) is 0 Å². The van der Waals surface area contributed by atoms with Crippen LogP contribution in [0.4, 0.5) is 39.5 Å². The van der Waals surface area contributed by atoms with Gasteiger partial charge in [0.1, 0.15) is 0 Å². The number of benzene rings is 9. The monoisotopic (exact) mass is 994 g/mol. The Hall–Kier alpha value is -6.73. The number of allylic oxidation sites excluding steroid dienone is 1. The van der Waals surface area contributed by atoms with Gasteiger partial charge in [0.05, 0.1) is 16.7 Å². The van der Waals surface area contributed by atoms with Crippen LogP contribution >= 0.6 is 34.0 Å². The zero-order valence-corrected chi connectivity index (χ0v) is 38.8. The first-order valence-corrected chi connectivity index (χ1v) is 24.8.